The maximum absolute atomic E-state index is 5.89. The molecule has 0 spiro atoms. The van der Waals surface area contributed by atoms with Crippen molar-refractivity contribution in [3.8, 4) is 0 Å². The molecule has 0 aliphatic heterocycles. The lowest BCUT2D eigenvalue weighted by molar-refractivity contribution is 0.482. The van der Waals surface area contributed by atoms with Crippen LogP contribution >= 0.6 is 0 Å². The van der Waals surface area contributed by atoms with Gasteiger partial charge in [0.1, 0.15) is 0 Å². The van der Waals surface area contributed by atoms with Crippen LogP contribution in [0, 0.1) is 0 Å². The van der Waals surface area contributed by atoms with Crippen LogP contribution in [-0.4, -0.2) is 16.3 Å². The summed E-state index contributed by atoms with van der Waals surface area (Å²) >= 11 is 0. The van der Waals surface area contributed by atoms with Crippen LogP contribution < -0.4 is 5.73 Å². The molecule has 4 rings (SSSR count). The van der Waals surface area contributed by atoms with Gasteiger partial charge in [-0.2, -0.15) is 5.10 Å². The number of nitrogens with zero attached hydrogens (tertiary/aromatic N) is 2. The first-order chi connectivity index (χ1) is 11.3. The van der Waals surface area contributed by atoms with E-state index >= 15 is 0 Å². The molecule has 1 fully saturated rings. The van der Waals surface area contributed by atoms with Gasteiger partial charge in [-0.25, -0.2) is 0 Å². The Kier molecular flexibility index (Phi) is 3.98. The Labute approximate surface area is 138 Å². The molecule has 23 heavy (non-hydrogen) atoms. The smallest absolute Gasteiger partial charge is 0.0743 e. The first-order valence-electron chi connectivity index (χ1n) is 9.15. The van der Waals surface area contributed by atoms with Gasteiger partial charge < -0.3 is 5.73 Å². The molecule has 2 atom stereocenters. The van der Waals surface area contributed by atoms with Gasteiger partial charge in [-0.05, 0) is 69.0 Å². The summed E-state index contributed by atoms with van der Waals surface area (Å²) < 4.78 is 2.33. The highest BCUT2D eigenvalue weighted by Gasteiger charge is 2.36. The molecule has 0 bridgehead atoms. The number of rotatable bonds is 5. The van der Waals surface area contributed by atoms with Crippen molar-refractivity contribution in [2.45, 2.75) is 63.3 Å². The molecule has 3 nitrogen and oxygen atoms in total. The molecule has 1 aromatic heterocycles. The molecule has 2 aliphatic carbocycles. The maximum atomic E-state index is 5.89. The Morgan fingerprint density at radius 2 is 2.00 bits per heavy atom. The van der Waals surface area contributed by atoms with Gasteiger partial charge in [0.25, 0.3) is 0 Å². The number of benzene rings is 1. The van der Waals surface area contributed by atoms with Crippen molar-refractivity contribution < 1.29 is 0 Å². The van der Waals surface area contributed by atoms with E-state index in [1.165, 1.54) is 49.1 Å². The highest BCUT2D eigenvalue weighted by molar-refractivity contribution is 5.38. The van der Waals surface area contributed by atoms with Crippen molar-refractivity contribution >= 4 is 0 Å². The van der Waals surface area contributed by atoms with Gasteiger partial charge in [0.05, 0.1) is 11.7 Å². The Balaban J connectivity index is 1.77. The van der Waals surface area contributed by atoms with Crippen LogP contribution in [0.3, 0.4) is 0 Å². The monoisotopic (exact) mass is 309 g/mol. The van der Waals surface area contributed by atoms with E-state index in [4.69, 9.17) is 10.8 Å². The Bertz CT molecular complexity index is 670. The van der Waals surface area contributed by atoms with E-state index in [1.807, 2.05) is 0 Å². The predicted octanol–water partition coefficient (Wildman–Crippen LogP) is 4.14. The minimum absolute atomic E-state index is 0.314. The fourth-order valence-corrected chi connectivity index (χ4v) is 4.20. The van der Waals surface area contributed by atoms with Crippen molar-refractivity contribution in [2.75, 3.05) is 6.54 Å². The lowest BCUT2D eigenvalue weighted by Gasteiger charge is -2.25. The minimum atomic E-state index is 0.314. The summed E-state index contributed by atoms with van der Waals surface area (Å²) in [5, 5.41) is 5.14. The fourth-order valence-electron chi connectivity index (χ4n) is 4.20. The molecule has 2 unspecified atom stereocenters. The topological polar surface area (TPSA) is 43.8 Å². The van der Waals surface area contributed by atoms with Gasteiger partial charge in [0.15, 0.2) is 0 Å². The third-order valence-electron chi connectivity index (χ3n) is 5.58. The molecule has 2 N–H and O–H groups in total. The van der Waals surface area contributed by atoms with E-state index in [9.17, 15) is 0 Å². The zero-order chi connectivity index (χ0) is 15.8. The summed E-state index contributed by atoms with van der Waals surface area (Å²) in [6, 6.07) is 11.1. The van der Waals surface area contributed by atoms with Gasteiger partial charge in [0.2, 0.25) is 0 Å². The number of hydrogen-bond acceptors (Lipinski definition) is 2. The average Bonchev–Trinajstić information content (AvgIpc) is 3.36. The predicted molar refractivity (Wildman–Crippen MR) is 93.8 cm³/mol. The molecule has 1 saturated carbocycles. The Morgan fingerprint density at radius 3 is 2.70 bits per heavy atom. The molecule has 122 valence electrons. The standard InChI is InChI=1S/C20H27N3/c1-14(15-6-3-2-4-7-15)23-18-9-5-8-16(12-13-21)19(18)20(22-23)17-10-11-17/h2-4,6-7,14,16-17H,5,8-13,21H2,1H3. The second-order valence-electron chi connectivity index (χ2n) is 7.22. The van der Waals surface area contributed by atoms with Crippen LogP contribution in [-0.2, 0) is 6.42 Å². The van der Waals surface area contributed by atoms with Gasteiger partial charge in [0, 0.05) is 11.6 Å². The zero-order valence-corrected chi connectivity index (χ0v) is 14.0. The van der Waals surface area contributed by atoms with Crippen molar-refractivity contribution in [3.63, 3.8) is 0 Å². The highest BCUT2D eigenvalue weighted by atomic mass is 15.3. The molecule has 1 aromatic carbocycles. The van der Waals surface area contributed by atoms with Crippen LogP contribution in [0.4, 0.5) is 0 Å². The third kappa shape index (κ3) is 2.72. The minimum Gasteiger partial charge on any atom is -0.330 e. The van der Waals surface area contributed by atoms with E-state index in [-0.39, 0.29) is 0 Å². The largest absolute Gasteiger partial charge is 0.330 e. The quantitative estimate of drug-likeness (QED) is 0.902. The molecule has 3 heteroatoms. The fraction of sp³-hybridized carbons (Fsp3) is 0.550. The summed E-state index contributed by atoms with van der Waals surface area (Å²) in [7, 11) is 0. The van der Waals surface area contributed by atoms with E-state index in [0.29, 0.717) is 17.9 Å². The van der Waals surface area contributed by atoms with Crippen molar-refractivity contribution in [1.82, 2.24) is 9.78 Å². The molecule has 0 saturated heterocycles. The number of aromatic nitrogens is 2. The van der Waals surface area contributed by atoms with Crippen LogP contribution in [0.15, 0.2) is 30.3 Å². The molecule has 2 aliphatic rings. The summed E-state index contributed by atoms with van der Waals surface area (Å²) in [6.07, 6.45) is 7.48. The van der Waals surface area contributed by atoms with Gasteiger partial charge in [-0.3, -0.25) is 4.68 Å². The molecular formula is C20H27N3. The SMILES string of the molecule is CC(c1ccccc1)n1nc(C2CC2)c2c1CCCC2CCN. The van der Waals surface area contributed by atoms with Gasteiger partial charge in [-0.15, -0.1) is 0 Å². The van der Waals surface area contributed by atoms with Crippen molar-refractivity contribution in [3.05, 3.63) is 52.8 Å². The Morgan fingerprint density at radius 1 is 1.22 bits per heavy atom. The summed E-state index contributed by atoms with van der Waals surface area (Å²) in [5.41, 5.74) is 11.7. The van der Waals surface area contributed by atoms with Crippen LogP contribution in [0.25, 0.3) is 0 Å². The number of fused-ring (bicyclic) bond motifs is 1. The number of nitrogens with two attached hydrogens (primary N) is 1. The van der Waals surface area contributed by atoms with E-state index in [0.717, 1.165) is 13.0 Å². The maximum Gasteiger partial charge on any atom is 0.0743 e. The lowest BCUT2D eigenvalue weighted by atomic mass is 9.82. The van der Waals surface area contributed by atoms with Crippen molar-refractivity contribution in [2.24, 2.45) is 5.73 Å². The number of hydrogen-bond donors (Lipinski definition) is 1. The average molecular weight is 309 g/mol. The van der Waals surface area contributed by atoms with Crippen LogP contribution in [0.2, 0.25) is 0 Å². The van der Waals surface area contributed by atoms with E-state index in [1.54, 1.807) is 5.56 Å². The molecule has 2 aromatic rings. The van der Waals surface area contributed by atoms with Crippen LogP contribution in [0.1, 0.15) is 79.4 Å². The van der Waals surface area contributed by atoms with Crippen LogP contribution in [0.5, 0.6) is 0 Å². The second-order valence-corrected chi connectivity index (χ2v) is 7.22. The van der Waals surface area contributed by atoms with Gasteiger partial charge >= 0.3 is 0 Å². The third-order valence-corrected chi connectivity index (χ3v) is 5.58. The first kappa shape index (κ1) is 14.9. The molecule has 0 radical (unpaired) electrons. The molecule has 0 amide bonds. The summed E-state index contributed by atoms with van der Waals surface area (Å²) in [4.78, 5) is 0. The van der Waals surface area contributed by atoms with E-state index < -0.39 is 0 Å². The lowest BCUT2D eigenvalue weighted by Crippen LogP contribution is -2.18. The molecular weight excluding hydrogens is 282 g/mol. The molecule has 1 heterocycles. The van der Waals surface area contributed by atoms with Crippen molar-refractivity contribution in [1.29, 1.82) is 0 Å². The normalized spacial score (nSPS) is 21.9. The first-order valence-corrected chi connectivity index (χ1v) is 9.15. The highest BCUT2D eigenvalue weighted by Crippen LogP contribution is 2.47. The Hall–Kier alpha value is -1.61. The summed E-state index contributed by atoms with van der Waals surface area (Å²) in [5.74, 6) is 1.35. The van der Waals surface area contributed by atoms with Gasteiger partial charge in [-0.1, -0.05) is 30.3 Å². The van der Waals surface area contributed by atoms with E-state index in [2.05, 4.69) is 41.9 Å². The summed E-state index contributed by atoms with van der Waals surface area (Å²) in [6.45, 7) is 3.07. The zero-order valence-electron chi connectivity index (χ0n) is 14.0. The second kappa shape index (κ2) is 6.12.